The Hall–Kier alpha value is -1.83. The van der Waals surface area contributed by atoms with Gasteiger partial charge in [-0.2, -0.15) is 0 Å². The molecule has 0 aromatic carbocycles. The first-order valence-corrected chi connectivity index (χ1v) is 6.53. The monoisotopic (exact) mass is 285 g/mol. The highest BCUT2D eigenvalue weighted by molar-refractivity contribution is 5.81. The van der Waals surface area contributed by atoms with E-state index in [0.29, 0.717) is 19.5 Å². The zero-order valence-corrected chi connectivity index (χ0v) is 11.3. The Kier molecular flexibility index (Phi) is 4.12. The number of primary amides is 1. The van der Waals surface area contributed by atoms with Gasteiger partial charge in [-0.3, -0.25) is 9.59 Å². The summed E-state index contributed by atoms with van der Waals surface area (Å²) in [6.07, 6.45) is 0.554. The topological polar surface area (TPSA) is 113 Å². The van der Waals surface area contributed by atoms with Crippen molar-refractivity contribution in [2.24, 2.45) is 17.6 Å². The number of rotatable bonds is 3. The van der Waals surface area contributed by atoms with Crippen LogP contribution < -0.4 is 5.73 Å². The normalized spacial score (nSPS) is 29.4. The van der Waals surface area contributed by atoms with Crippen LogP contribution in [-0.4, -0.2) is 72.2 Å². The van der Waals surface area contributed by atoms with E-state index in [4.69, 9.17) is 15.6 Å². The van der Waals surface area contributed by atoms with Gasteiger partial charge in [-0.05, 0) is 6.42 Å². The van der Waals surface area contributed by atoms with Crippen molar-refractivity contribution in [1.29, 1.82) is 0 Å². The van der Waals surface area contributed by atoms with Gasteiger partial charge in [-0.25, -0.2) is 4.79 Å². The molecule has 2 fully saturated rings. The third-order valence-corrected chi connectivity index (χ3v) is 4.03. The standard InChI is InChI=1S/C12H19N3O5/c1-14(9-6-20-5-8(9)11(17)18)12(19)15-3-2-7(4-15)10(13)16/h7-9H,2-6H2,1H3,(H2,13,16)(H,17,18). The highest BCUT2D eigenvalue weighted by Gasteiger charge is 2.41. The molecule has 3 unspecified atom stereocenters. The fourth-order valence-electron chi connectivity index (χ4n) is 2.69. The highest BCUT2D eigenvalue weighted by atomic mass is 16.5. The number of hydrogen-bond donors (Lipinski definition) is 2. The molecule has 2 saturated heterocycles. The quantitative estimate of drug-likeness (QED) is 0.686. The number of likely N-dealkylation sites (N-methyl/N-ethyl adjacent to an activating group) is 1. The Balaban J connectivity index is 1.99. The molecule has 0 aromatic rings. The van der Waals surface area contributed by atoms with Gasteiger partial charge in [0.05, 0.1) is 25.2 Å². The van der Waals surface area contributed by atoms with Crippen LogP contribution in [-0.2, 0) is 14.3 Å². The van der Waals surface area contributed by atoms with Crippen LogP contribution in [0.1, 0.15) is 6.42 Å². The second-order valence-corrected chi connectivity index (χ2v) is 5.28. The van der Waals surface area contributed by atoms with Crippen LogP contribution in [0.2, 0.25) is 0 Å². The van der Waals surface area contributed by atoms with E-state index in [-0.39, 0.29) is 25.2 Å². The fourth-order valence-corrected chi connectivity index (χ4v) is 2.69. The minimum atomic E-state index is -0.969. The molecule has 3 amide bonds. The van der Waals surface area contributed by atoms with E-state index in [1.807, 2.05) is 0 Å². The first-order valence-electron chi connectivity index (χ1n) is 6.53. The summed E-state index contributed by atoms with van der Waals surface area (Å²) < 4.78 is 5.16. The number of nitrogens with two attached hydrogens (primary N) is 1. The highest BCUT2D eigenvalue weighted by Crippen LogP contribution is 2.23. The van der Waals surface area contributed by atoms with Gasteiger partial charge in [0.1, 0.15) is 5.92 Å². The van der Waals surface area contributed by atoms with Gasteiger partial charge in [0.15, 0.2) is 0 Å². The third-order valence-electron chi connectivity index (χ3n) is 4.03. The first kappa shape index (κ1) is 14.6. The van der Waals surface area contributed by atoms with Crippen molar-refractivity contribution >= 4 is 17.9 Å². The molecule has 3 atom stereocenters. The Morgan fingerprint density at radius 3 is 2.60 bits per heavy atom. The molecule has 0 saturated carbocycles. The summed E-state index contributed by atoms with van der Waals surface area (Å²) in [5.74, 6) is -2.40. The van der Waals surface area contributed by atoms with Crippen molar-refractivity contribution in [3.8, 4) is 0 Å². The lowest BCUT2D eigenvalue weighted by Crippen LogP contribution is -2.49. The minimum Gasteiger partial charge on any atom is -0.481 e. The van der Waals surface area contributed by atoms with Gasteiger partial charge in [0, 0.05) is 20.1 Å². The molecule has 112 valence electrons. The molecule has 0 radical (unpaired) electrons. The van der Waals surface area contributed by atoms with Gasteiger partial charge >= 0.3 is 12.0 Å². The van der Waals surface area contributed by atoms with Crippen molar-refractivity contribution in [3.05, 3.63) is 0 Å². The van der Waals surface area contributed by atoms with Crippen molar-refractivity contribution in [1.82, 2.24) is 9.80 Å². The average Bonchev–Trinajstić information content (AvgIpc) is 3.05. The molecule has 0 aliphatic carbocycles. The fraction of sp³-hybridized carbons (Fsp3) is 0.750. The summed E-state index contributed by atoms with van der Waals surface area (Å²) in [6, 6.07) is -0.761. The molecule has 3 N–H and O–H groups in total. The molecule has 0 aromatic heterocycles. The van der Waals surface area contributed by atoms with Gasteiger partial charge < -0.3 is 25.4 Å². The molecule has 2 heterocycles. The number of carboxylic acid groups (broad SMARTS) is 1. The van der Waals surface area contributed by atoms with E-state index < -0.39 is 23.8 Å². The number of nitrogens with zero attached hydrogens (tertiary/aromatic N) is 2. The molecule has 2 aliphatic rings. The van der Waals surface area contributed by atoms with E-state index in [2.05, 4.69) is 0 Å². The van der Waals surface area contributed by atoms with Crippen LogP contribution in [0.3, 0.4) is 0 Å². The summed E-state index contributed by atoms with van der Waals surface area (Å²) in [5.41, 5.74) is 5.23. The maximum atomic E-state index is 12.3. The van der Waals surface area contributed by atoms with Crippen LogP contribution in [0.15, 0.2) is 0 Å². The van der Waals surface area contributed by atoms with Crippen molar-refractivity contribution in [3.63, 3.8) is 0 Å². The van der Waals surface area contributed by atoms with E-state index >= 15 is 0 Å². The predicted octanol–water partition coefficient (Wildman–Crippen LogP) is -1.05. The van der Waals surface area contributed by atoms with Crippen LogP contribution in [0.5, 0.6) is 0 Å². The van der Waals surface area contributed by atoms with Gasteiger partial charge in [-0.15, -0.1) is 0 Å². The summed E-state index contributed by atoms with van der Waals surface area (Å²) in [4.78, 5) is 37.5. The lowest BCUT2D eigenvalue weighted by atomic mass is 10.0. The molecule has 20 heavy (non-hydrogen) atoms. The zero-order chi connectivity index (χ0) is 14.9. The number of ether oxygens (including phenoxy) is 1. The largest absolute Gasteiger partial charge is 0.481 e. The first-order chi connectivity index (χ1) is 9.41. The number of carbonyl (C=O) groups excluding carboxylic acids is 2. The van der Waals surface area contributed by atoms with Crippen molar-refractivity contribution < 1.29 is 24.2 Å². The molecule has 2 aliphatic heterocycles. The summed E-state index contributed by atoms with van der Waals surface area (Å²) in [7, 11) is 1.56. The predicted molar refractivity (Wildman–Crippen MR) is 67.8 cm³/mol. The molecule has 8 nitrogen and oxygen atoms in total. The van der Waals surface area contributed by atoms with Gasteiger partial charge in [-0.1, -0.05) is 0 Å². The SMILES string of the molecule is CN(C(=O)N1CCC(C(N)=O)C1)C1COCC1C(=O)O. The lowest BCUT2D eigenvalue weighted by Gasteiger charge is -2.30. The van der Waals surface area contributed by atoms with E-state index in [9.17, 15) is 14.4 Å². The molecule has 2 rings (SSSR count). The Bertz CT molecular complexity index is 427. The Morgan fingerprint density at radius 2 is 2.05 bits per heavy atom. The minimum absolute atomic E-state index is 0.113. The van der Waals surface area contributed by atoms with Gasteiger partial charge in [0.25, 0.3) is 0 Å². The number of carboxylic acids is 1. The Labute approximate surface area is 116 Å². The van der Waals surface area contributed by atoms with Crippen LogP contribution in [0, 0.1) is 11.8 Å². The average molecular weight is 285 g/mol. The van der Waals surface area contributed by atoms with Crippen molar-refractivity contribution in [2.45, 2.75) is 12.5 Å². The van der Waals surface area contributed by atoms with Gasteiger partial charge in [0.2, 0.25) is 5.91 Å². The second kappa shape index (κ2) is 5.66. The van der Waals surface area contributed by atoms with Crippen LogP contribution in [0.4, 0.5) is 4.79 Å². The second-order valence-electron chi connectivity index (χ2n) is 5.28. The zero-order valence-electron chi connectivity index (χ0n) is 11.3. The molecular weight excluding hydrogens is 266 g/mol. The molecule has 0 bridgehead atoms. The third kappa shape index (κ3) is 2.69. The summed E-state index contributed by atoms with van der Waals surface area (Å²) in [5, 5.41) is 9.10. The Morgan fingerprint density at radius 1 is 1.35 bits per heavy atom. The summed E-state index contributed by atoms with van der Waals surface area (Å²) >= 11 is 0. The molecular formula is C12H19N3O5. The smallest absolute Gasteiger partial charge is 0.320 e. The number of urea groups is 1. The van der Waals surface area contributed by atoms with E-state index in [1.165, 1.54) is 9.80 Å². The number of likely N-dealkylation sites (tertiary alicyclic amines) is 1. The number of hydrogen-bond acceptors (Lipinski definition) is 4. The molecule has 0 spiro atoms. The van der Waals surface area contributed by atoms with E-state index in [1.54, 1.807) is 7.05 Å². The van der Waals surface area contributed by atoms with Crippen molar-refractivity contribution in [2.75, 3.05) is 33.4 Å². The number of carbonyl (C=O) groups is 3. The van der Waals surface area contributed by atoms with Crippen LogP contribution >= 0.6 is 0 Å². The molecule has 8 heteroatoms. The van der Waals surface area contributed by atoms with E-state index in [0.717, 1.165) is 0 Å². The number of amides is 3. The maximum Gasteiger partial charge on any atom is 0.320 e. The lowest BCUT2D eigenvalue weighted by molar-refractivity contribution is -0.142. The number of aliphatic carboxylic acids is 1. The van der Waals surface area contributed by atoms with Crippen LogP contribution in [0.25, 0.3) is 0 Å². The summed E-state index contributed by atoms with van der Waals surface area (Å²) in [6.45, 7) is 1.08. The maximum absolute atomic E-state index is 12.3.